The molecule has 0 aliphatic rings. The van der Waals surface area contributed by atoms with Crippen LogP contribution in [-0.4, -0.2) is 41.5 Å². The molecular weight excluding hydrogens is 330 g/mol. The first kappa shape index (κ1) is 19.9. The van der Waals surface area contributed by atoms with Gasteiger partial charge < -0.3 is 20.3 Å². The van der Waals surface area contributed by atoms with Crippen LogP contribution in [0.3, 0.4) is 0 Å². The Balaban J connectivity index is 1.63. The molecule has 0 aliphatic heterocycles. The summed E-state index contributed by atoms with van der Waals surface area (Å²) in [7, 11) is 0. The Hall–Kier alpha value is -2.37. The predicted octanol–water partition coefficient (Wildman–Crippen LogP) is 2.66. The molecule has 5 nitrogen and oxygen atoms in total. The number of aliphatic hydroxyl groups is 1. The predicted molar refractivity (Wildman–Crippen MR) is 102 cm³/mol. The SMILES string of the molecule is CC(CCc1ccccc1)NCC(O)COc1ccc(CC(=O)O)cc1. The standard InChI is InChI=1S/C21H27NO4/c1-16(7-8-17-5-3-2-4-6-17)22-14-19(23)15-26-20-11-9-18(10-12-20)13-21(24)25/h2-6,9-12,16,19,22-23H,7-8,13-15H2,1H3,(H,24,25). The van der Waals surface area contributed by atoms with Gasteiger partial charge in [0.2, 0.25) is 0 Å². The van der Waals surface area contributed by atoms with E-state index in [1.165, 1.54) is 5.56 Å². The fourth-order valence-corrected chi connectivity index (χ4v) is 2.60. The van der Waals surface area contributed by atoms with Crippen LogP contribution in [0.4, 0.5) is 0 Å². The number of aryl methyl sites for hydroxylation is 1. The van der Waals surface area contributed by atoms with Crippen LogP contribution < -0.4 is 10.1 Å². The number of nitrogens with one attached hydrogen (secondary N) is 1. The summed E-state index contributed by atoms with van der Waals surface area (Å²) in [6.45, 7) is 2.77. The van der Waals surface area contributed by atoms with E-state index in [2.05, 4.69) is 24.4 Å². The van der Waals surface area contributed by atoms with Crippen molar-refractivity contribution in [3.05, 3.63) is 65.7 Å². The quantitative estimate of drug-likeness (QED) is 0.576. The number of carbonyl (C=O) groups is 1. The largest absolute Gasteiger partial charge is 0.491 e. The molecule has 0 saturated heterocycles. The molecular formula is C21H27NO4. The normalized spacial score (nSPS) is 13.2. The summed E-state index contributed by atoms with van der Waals surface area (Å²) < 4.78 is 5.55. The Kier molecular flexibility index (Phi) is 8.12. The van der Waals surface area contributed by atoms with Gasteiger partial charge in [0.05, 0.1) is 6.42 Å². The van der Waals surface area contributed by atoms with Gasteiger partial charge in [-0.25, -0.2) is 0 Å². The number of rotatable bonds is 11. The van der Waals surface area contributed by atoms with Crippen LogP contribution in [0.5, 0.6) is 5.75 Å². The highest BCUT2D eigenvalue weighted by atomic mass is 16.5. The number of benzene rings is 2. The van der Waals surface area contributed by atoms with Gasteiger partial charge in [-0.1, -0.05) is 42.5 Å². The second-order valence-corrected chi connectivity index (χ2v) is 6.51. The van der Waals surface area contributed by atoms with E-state index >= 15 is 0 Å². The Morgan fingerprint density at radius 2 is 1.77 bits per heavy atom. The van der Waals surface area contributed by atoms with Gasteiger partial charge in [0, 0.05) is 12.6 Å². The first-order chi connectivity index (χ1) is 12.5. The minimum absolute atomic E-state index is 0.00626. The molecule has 0 saturated carbocycles. The summed E-state index contributed by atoms with van der Waals surface area (Å²) in [5.74, 6) is -0.239. The van der Waals surface area contributed by atoms with Crippen molar-refractivity contribution in [1.82, 2.24) is 5.32 Å². The second-order valence-electron chi connectivity index (χ2n) is 6.51. The third-order valence-corrected chi connectivity index (χ3v) is 4.13. The average Bonchev–Trinajstić information content (AvgIpc) is 2.64. The maximum atomic E-state index is 10.7. The van der Waals surface area contributed by atoms with Crippen LogP contribution in [0.25, 0.3) is 0 Å². The number of carboxylic acid groups (broad SMARTS) is 1. The van der Waals surface area contributed by atoms with Gasteiger partial charge in [0.25, 0.3) is 0 Å². The Bertz CT molecular complexity index is 657. The fraction of sp³-hybridized carbons (Fsp3) is 0.381. The monoisotopic (exact) mass is 357 g/mol. The number of carboxylic acids is 1. The molecule has 2 rings (SSSR count). The van der Waals surface area contributed by atoms with E-state index in [4.69, 9.17) is 9.84 Å². The third-order valence-electron chi connectivity index (χ3n) is 4.13. The maximum absolute atomic E-state index is 10.7. The molecule has 0 amide bonds. The van der Waals surface area contributed by atoms with Crippen molar-refractivity contribution < 1.29 is 19.7 Å². The van der Waals surface area contributed by atoms with E-state index in [9.17, 15) is 9.90 Å². The first-order valence-electron chi connectivity index (χ1n) is 8.92. The van der Waals surface area contributed by atoms with Gasteiger partial charge in [-0.05, 0) is 43.0 Å². The summed E-state index contributed by atoms with van der Waals surface area (Å²) in [6.07, 6.45) is 1.40. The van der Waals surface area contributed by atoms with Gasteiger partial charge >= 0.3 is 5.97 Å². The fourth-order valence-electron chi connectivity index (χ4n) is 2.60. The molecule has 0 aromatic heterocycles. The molecule has 0 aliphatic carbocycles. The van der Waals surface area contributed by atoms with E-state index in [-0.39, 0.29) is 13.0 Å². The van der Waals surface area contributed by atoms with Gasteiger partial charge in [-0.15, -0.1) is 0 Å². The van der Waals surface area contributed by atoms with E-state index in [0.717, 1.165) is 18.4 Å². The zero-order chi connectivity index (χ0) is 18.8. The van der Waals surface area contributed by atoms with E-state index in [1.54, 1.807) is 24.3 Å². The molecule has 0 bridgehead atoms. The summed E-state index contributed by atoms with van der Waals surface area (Å²) in [6, 6.07) is 17.5. The molecule has 2 atom stereocenters. The highest BCUT2D eigenvalue weighted by molar-refractivity contribution is 5.70. The molecule has 0 heterocycles. The van der Waals surface area contributed by atoms with Crippen LogP contribution >= 0.6 is 0 Å². The van der Waals surface area contributed by atoms with Crippen molar-refractivity contribution in [3.63, 3.8) is 0 Å². The van der Waals surface area contributed by atoms with Crippen LogP contribution in [0.15, 0.2) is 54.6 Å². The third kappa shape index (κ3) is 7.68. The van der Waals surface area contributed by atoms with Crippen LogP contribution in [0.2, 0.25) is 0 Å². The Labute approximate surface area is 154 Å². The smallest absolute Gasteiger partial charge is 0.307 e. The topological polar surface area (TPSA) is 78.8 Å². The zero-order valence-electron chi connectivity index (χ0n) is 15.1. The summed E-state index contributed by atoms with van der Waals surface area (Å²) >= 11 is 0. The molecule has 0 spiro atoms. The van der Waals surface area contributed by atoms with Gasteiger partial charge in [-0.2, -0.15) is 0 Å². The number of ether oxygens (including phenoxy) is 1. The van der Waals surface area contributed by atoms with Crippen LogP contribution in [0.1, 0.15) is 24.5 Å². The summed E-state index contributed by atoms with van der Waals surface area (Å²) in [4.78, 5) is 10.7. The molecule has 0 radical (unpaired) electrons. The van der Waals surface area contributed by atoms with Crippen molar-refractivity contribution in [3.8, 4) is 5.75 Å². The molecule has 26 heavy (non-hydrogen) atoms. The number of hydrogen-bond donors (Lipinski definition) is 3. The van der Waals surface area contributed by atoms with Gasteiger partial charge in [-0.3, -0.25) is 4.79 Å². The summed E-state index contributed by atoms with van der Waals surface area (Å²) in [5.41, 5.74) is 2.04. The van der Waals surface area contributed by atoms with Crippen molar-refractivity contribution in [2.45, 2.75) is 38.3 Å². The molecule has 2 aromatic rings. The van der Waals surface area contributed by atoms with Crippen molar-refractivity contribution in [1.29, 1.82) is 0 Å². The highest BCUT2D eigenvalue weighted by Crippen LogP contribution is 2.13. The molecule has 5 heteroatoms. The molecule has 2 unspecified atom stereocenters. The lowest BCUT2D eigenvalue weighted by Gasteiger charge is -2.17. The Morgan fingerprint density at radius 1 is 1.08 bits per heavy atom. The molecule has 2 aromatic carbocycles. The maximum Gasteiger partial charge on any atom is 0.307 e. The van der Waals surface area contributed by atoms with E-state index in [1.807, 2.05) is 18.2 Å². The van der Waals surface area contributed by atoms with Crippen LogP contribution in [-0.2, 0) is 17.6 Å². The lowest BCUT2D eigenvalue weighted by Crippen LogP contribution is -2.36. The number of aliphatic hydroxyl groups excluding tert-OH is 1. The lowest BCUT2D eigenvalue weighted by molar-refractivity contribution is -0.136. The molecule has 140 valence electrons. The van der Waals surface area contributed by atoms with Gasteiger partial charge in [0.1, 0.15) is 18.5 Å². The molecule has 0 fully saturated rings. The number of hydrogen-bond acceptors (Lipinski definition) is 4. The van der Waals surface area contributed by atoms with Gasteiger partial charge in [0.15, 0.2) is 0 Å². The molecule has 3 N–H and O–H groups in total. The van der Waals surface area contributed by atoms with E-state index in [0.29, 0.717) is 18.3 Å². The van der Waals surface area contributed by atoms with E-state index < -0.39 is 12.1 Å². The summed E-state index contributed by atoms with van der Waals surface area (Å²) in [5, 5.41) is 22.1. The average molecular weight is 357 g/mol. The van der Waals surface area contributed by atoms with Crippen molar-refractivity contribution >= 4 is 5.97 Å². The first-order valence-corrected chi connectivity index (χ1v) is 8.92. The Morgan fingerprint density at radius 3 is 2.42 bits per heavy atom. The highest BCUT2D eigenvalue weighted by Gasteiger charge is 2.09. The zero-order valence-corrected chi connectivity index (χ0v) is 15.1. The number of aliphatic carboxylic acids is 1. The minimum Gasteiger partial charge on any atom is -0.491 e. The minimum atomic E-state index is -0.860. The lowest BCUT2D eigenvalue weighted by atomic mass is 10.1. The second kappa shape index (κ2) is 10.6. The van der Waals surface area contributed by atoms with Crippen LogP contribution in [0, 0.1) is 0 Å². The van der Waals surface area contributed by atoms with Crippen molar-refractivity contribution in [2.75, 3.05) is 13.2 Å². The van der Waals surface area contributed by atoms with Crippen molar-refractivity contribution in [2.24, 2.45) is 0 Å².